The molecule has 0 unspecified atom stereocenters. The first-order valence-corrected chi connectivity index (χ1v) is 8.62. The van der Waals surface area contributed by atoms with Crippen molar-refractivity contribution in [3.05, 3.63) is 35.4 Å². The van der Waals surface area contributed by atoms with Gasteiger partial charge in [-0.1, -0.05) is 12.1 Å². The van der Waals surface area contributed by atoms with Gasteiger partial charge in [-0.3, -0.25) is 4.79 Å². The summed E-state index contributed by atoms with van der Waals surface area (Å²) in [5, 5.41) is 10.8. The van der Waals surface area contributed by atoms with Crippen molar-refractivity contribution in [2.75, 3.05) is 32.7 Å². The van der Waals surface area contributed by atoms with Gasteiger partial charge in [0, 0.05) is 18.7 Å². The Balaban J connectivity index is 1.63. The Kier molecular flexibility index (Phi) is 5.15. The van der Waals surface area contributed by atoms with Crippen LogP contribution >= 0.6 is 0 Å². The minimum atomic E-state index is -0.963. The zero-order valence-electron chi connectivity index (χ0n) is 13.8. The van der Waals surface area contributed by atoms with Gasteiger partial charge in [0.25, 0.3) is 0 Å². The molecule has 1 aromatic rings. The molecule has 0 bridgehead atoms. The van der Waals surface area contributed by atoms with Crippen LogP contribution in [0.3, 0.4) is 0 Å². The summed E-state index contributed by atoms with van der Waals surface area (Å²) in [7, 11) is 0. The van der Waals surface area contributed by atoms with E-state index in [9.17, 15) is 18.7 Å². The van der Waals surface area contributed by atoms with Gasteiger partial charge in [-0.25, -0.2) is 8.78 Å². The van der Waals surface area contributed by atoms with Gasteiger partial charge in [0.05, 0.1) is 18.6 Å². The highest BCUT2D eigenvalue weighted by Crippen LogP contribution is 2.25. The second kappa shape index (κ2) is 7.15. The molecular formula is C18H24F2N2O2. The van der Waals surface area contributed by atoms with Gasteiger partial charge in [-0.05, 0) is 44.8 Å². The number of piperidine rings is 1. The summed E-state index contributed by atoms with van der Waals surface area (Å²) in [4.78, 5) is 16.3. The zero-order chi connectivity index (χ0) is 17.2. The first kappa shape index (κ1) is 17.3. The van der Waals surface area contributed by atoms with Gasteiger partial charge in [-0.15, -0.1) is 0 Å². The fourth-order valence-electron chi connectivity index (χ4n) is 3.77. The smallest absolute Gasteiger partial charge is 0.227 e. The van der Waals surface area contributed by atoms with Crippen molar-refractivity contribution in [3.63, 3.8) is 0 Å². The third-order valence-corrected chi connectivity index (χ3v) is 5.00. The van der Waals surface area contributed by atoms with E-state index in [4.69, 9.17) is 0 Å². The molecule has 2 heterocycles. The van der Waals surface area contributed by atoms with E-state index >= 15 is 0 Å². The minimum absolute atomic E-state index is 0.0636. The Morgan fingerprint density at radius 1 is 1.17 bits per heavy atom. The number of hydrogen-bond donors (Lipinski definition) is 1. The first-order chi connectivity index (χ1) is 11.5. The topological polar surface area (TPSA) is 43.8 Å². The van der Waals surface area contributed by atoms with Crippen molar-refractivity contribution in [2.24, 2.45) is 0 Å². The molecular weight excluding hydrogens is 314 g/mol. The number of amides is 1. The average Bonchev–Trinajstić information content (AvgIpc) is 3.04. The lowest BCUT2D eigenvalue weighted by Gasteiger charge is -2.41. The van der Waals surface area contributed by atoms with Crippen LogP contribution in [0.15, 0.2) is 18.2 Å². The number of hydrogen-bond acceptors (Lipinski definition) is 3. The Morgan fingerprint density at radius 2 is 1.92 bits per heavy atom. The Morgan fingerprint density at radius 3 is 2.67 bits per heavy atom. The monoisotopic (exact) mass is 338 g/mol. The summed E-state index contributed by atoms with van der Waals surface area (Å²) in [6.07, 6.45) is 3.52. The maximum Gasteiger partial charge on any atom is 0.227 e. The molecule has 1 amide bonds. The van der Waals surface area contributed by atoms with E-state index in [0.29, 0.717) is 19.5 Å². The Hall–Kier alpha value is -1.53. The van der Waals surface area contributed by atoms with Crippen molar-refractivity contribution in [3.8, 4) is 0 Å². The minimum Gasteiger partial charge on any atom is -0.387 e. The van der Waals surface area contributed by atoms with Gasteiger partial charge in [0.15, 0.2) is 11.6 Å². The molecule has 3 rings (SSSR count). The number of aliphatic hydroxyl groups is 1. The van der Waals surface area contributed by atoms with Gasteiger partial charge in [0.2, 0.25) is 5.91 Å². The molecule has 2 saturated heterocycles. The summed E-state index contributed by atoms with van der Waals surface area (Å²) in [5.74, 6) is -2.17. The maximum absolute atomic E-state index is 13.8. The first-order valence-electron chi connectivity index (χ1n) is 8.62. The van der Waals surface area contributed by atoms with Gasteiger partial charge < -0.3 is 14.9 Å². The predicted octanol–water partition coefficient (Wildman–Crippen LogP) is 1.96. The lowest BCUT2D eigenvalue weighted by molar-refractivity contribution is -0.138. The molecule has 1 atom stereocenters. The highest BCUT2D eigenvalue weighted by atomic mass is 19.2. The van der Waals surface area contributed by atoms with Crippen LogP contribution in [0.5, 0.6) is 0 Å². The van der Waals surface area contributed by atoms with E-state index in [1.54, 1.807) is 4.90 Å². The van der Waals surface area contributed by atoms with Crippen LogP contribution in [0.1, 0.15) is 31.2 Å². The van der Waals surface area contributed by atoms with Crippen LogP contribution < -0.4 is 0 Å². The van der Waals surface area contributed by atoms with Crippen LogP contribution in [-0.2, 0) is 11.2 Å². The quantitative estimate of drug-likeness (QED) is 0.913. The summed E-state index contributed by atoms with van der Waals surface area (Å²) in [5.41, 5.74) is -0.840. The molecule has 0 radical (unpaired) electrons. The SMILES string of the molecule is O=C(Cc1cccc(F)c1F)N1CCC[C@](O)(CN2CCCC2)C1. The highest BCUT2D eigenvalue weighted by Gasteiger charge is 2.37. The van der Waals surface area contributed by atoms with Gasteiger partial charge in [-0.2, -0.15) is 0 Å². The van der Waals surface area contributed by atoms with Crippen LogP contribution in [0.25, 0.3) is 0 Å². The van der Waals surface area contributed by atoms with E-state index in [1.165, 1.54) is 12.1 Å². The number of halogens is 2. The average molecular weight is 338 g/mol. The molecule has 2 aliphatic heterocycles. The van der Waals surface area contributed by atoms with E-state index in [0.717, 1.165) is 38.4 Å². The van der Waals surface area contributed by atoms with Crippen LogP contribution in [0.4, 0.5) is 8.78 Å². The number of carbonyl (C=O) groups is 1. The summed E-state index contributed by atoms with van der Waals surface area (Å²) >= 11 is 0. The standard InChI is InChI=1S/C18H24F2N2O2/c19-15-6-3-5-14(17(15)20)11-16(23)22-10-4-7-18(24,13-22)12-21-8-1-2-9-21/h3,5-6,24H,1-2,4,7-13H2/t18-/m0/s1. The summed E-state index contributed by atoms with van der Waals surface area (Å²) < 4.78 is 27.0. The third-order valence-electron chi connectivity index (χ3n) is 5.00. The molecule has 0 aromatic heterocycles. The second-order valence-electron chi connectivity index (χ2n) is 7.02. The second-order valence-corrected chi connectivity index (χ2v) is 7.02. The van der Waals surface area contributed by atoms with Crippen LogP contribution in [0, 0.1) is 11.6 Å². The fourth-order valence-corrected chi connectivity index (χ4v) is 3.77. The molecule has 6 heteroatoms. The molecule has 1 N–H and O–H groups in total. The number of likely N-dealkylation sites (tertiary alicyclic amines) is 2. The number of benzene rings is 1. The number of carbonyl (C=O) groups excluding carboxylic acids is 1. The Labute approximate surface area is 141 Å². The molecule has 2 aliphatic rings. The van der Waals surface area contributed by atoms with Crippen LogP contribution in [-0.4, -0.2) is 59.1 Å². The van der Waals surface area contributed by atoms with E-state index in [-0.39, 0.29) is 24.4 Å². The number of β-amino-alcohol motifs (C(OH)–C–C–N with tert-alkyl or cyclic N) is 1. The number of rotatable bonds is 4. The molecule has 0 saturated carbocycles. The summed E-state index contributed by atoms with van der Waals surface area (Å²) in [6.45, 7) is 3.37. The molecule has 1 aromatic carbocycles. The van der Waals surface area contributed by atoms with Crippen LogP contribution in [0.2, 0.25) is 0 Å². The summed E-state index contributed by atoms with van der Waals surface area (Å²) in [6, 6.07) is 3.87. The number of nitrogens with zero attached hydrogens (tertiary/aromatic N) is 2. The zero-order valence-corrected chi connectivity index (χ0v) is 13.8. The van der Waals surface area contributed by atoms with Crippen molar-refractivity contribution in [1.29, 1.82) is 0 Å². The normalized spacial score (nSPS) is 25.2. The lowest BCUT2D eigenvalue weighted by Crippen LogP contribution is -2.55. The molecule has 132 valence electrons. The van der Waals surface area contributed by atoms with Gasteiger partial charge >= 0.3 is 0 Å². The molecule has 24 heavy (non-hydrogen) atoms. The van der Waals surface area contributed by atoms with Crippen molar-refractivity contribution in [1.82, 2.24) is 9.80 Å². The molecule has 0 aliphatic carbocycles. The van der Waals surface area contributed by atoms with E-state index < -0.39 is 17.2 Å². The molecule has 4 nitrogen and oxygen atoms in total. The maximum atomic E-state index is 13.8. The van der Waals surface area contributed by atoms with E-state index in [1.807, 2.05) is 0 Å². The van der Waals surface area contributed by atoms with Crippen molar-refractivity contribution >= 4 is 5.91 Å². The van der Waals surface area contributed by atoms with Crippen molar-refractivity contribution < 1.29 is 18.7 Å². The van der Waals surface area contributed by atoms with Crippen molar-refractivity contribution in [2.45, 2.75) is 37.7 Å². The van der Waals surface area contributed by atoms with E-state index in [2.05, 4.69) is 4.90 Å². The highest BCUT2D eigenvalue weighted by molar-refractivity contribution is 5.79. The lowest BCUT2D eigenvalue weighted by atomic mass is 9.91. The molecule has 2 fully saturated rings. The predicted molar refractivity (Wildman–Crippen MR) is 86.5 cm³/mol. The fraction of sp³-hybridized carbons (Fsp3) is 0.611. The Bertz CT molecular complexity index is 605. The van der Waals surface area contributed by atoms with Gasteiger partial charge in [0.1, 0.15) is 0 Å². The third kappa shape index (κ3) is 3.92. The molecule has 0 spiro atoms. The largest absolute Gasteiger partial charge is 0.387 e.